The Balaban J connectivity index is 2.93. The number of rotatable bonds is 5. The Morgan fingerprint density at radius 2 is 2.19 bits per heavy atom. The number of aliphatic hydroxyl groups excluding tert-OH is 1. The Hall–Kier alpha value is -1.67. The predicted octanol–water partition coefficient (Wildman–Crippen LogP) is -1.02. The second-order valence-electron chi connectivity index (χ2n) is 3.32. The van der Waals surface area contributed by atoms with Gasteiger partial charge in [0.05, 0.1) is 13.2 Å². The topological polar surface area (TPSA) is 109 Å². The zero-order valence-corrected chi connectivity index (χ0v) is 9.51. The number of hydrogen-bond acceptors (Lipinski definition) is 8. The Kier molecular flexibility index (Phi) is 4.20. The second kappa shape index (κ2) is 5.42. The van der Waals surface area contributed by atoms with Gasteiger partial charge in [-0.25, -0.2) is 5.84 Å². The number of ether oxygens (including phenoxy) is 1. The summed E-state index contributed by atoms with van der Waals surface area (Å²) in [7, 11) is 3.20. The Bertz CT molecular complexity index is 323. The third-order valence-electron chi connectivity index (χ3n) is 1.79. The second-order valence-corrected chi connectivity index (χ2v) is 3.32. The molecule has 0 fully saturated rings. The van der Waals surface area contributed by atoms with Crippen LogP contribution >= 0.6 is 0 Å². The average Bonchev–Trinajstić information content (AvgIpc) is 2.27. The monoisotopic (exact) mass is 228 g/mol. The van der Waals surface area contributed by atoms with Gasteiger partial charge in [0.25, 0.3) is 0 Å². The van der Waals surface area contributed by atoms with E-state index in [0.717, 1.165) is 0 Å². The molecule has 8 heteroatoms. The van der Waals surface area contributed by atoms with Crippen LogP contribution in [0.5, 0.6) is 6.01 Å². The lowest BCUT2D eigenvalue weighted by molar-refractivity contribution is 0.201. The van der Waals surface area contributed by atoms with Gasteiger partial charge >= 0.3 is 6.01 Å². The number of methoxy groups -OCH3 is 1. The van der Waals surface area contributed by atoms with Gasteiger partial charge in [0.15, 0.2) is 0 Å². The molecule has 4 N–H and O–H groups in total. The zero-order chi connectivity index (χ0) is 12.1. The smallest absolute Gasteiger partial charge is 0.322 e. The van der Waals surface area contributed by atoms with Gasteiger partial charge in [-0.2, -0.15) is 15.0 Å². The standard InChI is InChI=1S/C8H16N6O2/c1-5(15)4-14(2)7-10-6(13-9)11-8(12-7)16-3/h5,15H,4,9H2,1-3H3,(H,10,11,12,13). The number of anilines is 2. The molecule has 0 aromatic carbocycles. The maximum absolute atomic E-state index is 9.25. The fourth-order valence-electron chi connectivity index (χ4n) is 1.15. The number of hydrogen-bond donors (Lipinski definition) is 3. The molecule has 1 atom stereocenters. The van der Waals surface area contributed by atoms with E-state index in [9.17, 15) is 5.11 Å². The van der Waals surface area contributed by atoms with Crippen LogP contribution in [0.4, 0.5) is 11.9 Å². The van der Waals surface area contributed by atoms with Crippen molar-refractivity contribution in [2.75, 3.05) is 31.0 Å². The maximum Gasteiger partial charge on any atom is 0.322 e. The van der Waals surface area contributed by atoms with Crippen molar-refractivity contribution in [3.8, 4) is 6.01 Å². The first-order valence-electron chi connectivity index (χ1n) is 4.72. The maximum atomic E-state index is 9.25. The third kappa shape index (κ3) is 3.17. The van der Waals surface area contributed by atoms with Gasteiger partial charge in [-0.15, -0.1) is 0 Å². The molecule has 90 valence electrons. The molecule has 0 radical (unpaired) electrons. The van der Waals surface area contributed by atoms with E-state index in [4.69, 9.17) is 10.6 Å². The molecule has 0 amide bonds. The summed E-state index contributed by atoms with van der Waals surface area (Å²) >= 11 is 0. The largest absolute Gasteiger partial charge is 0.467 e. The number of nitrogens with zero attached hydrogens (tertiary/aromatic N) is 4. The summed E-state index contributed by atoms with van der Waals surface area (Å²) in [4.78, 5) is 13.6. The molecule has 0 aliphatic carbocycles. The summed E-state index contributed by atoms with van der Waals surface area (Å²) in [6.07, 6.45) is -0.484. The summed E-state index contributed by atoms with van der Waals surface area (Å²) in [5.74, 6) is 5.80. The van der Waals surface area contributed by atoms with Crippen LogP contribution in [0.2, 0.25) is 0 Å². The Labute approximate surface area is 93.4 Å². The molecule has 16 heavy (non-hydrogen) atoms. The van der Waals surface area contributed by atoms with Gasteiger partial charge in [0.2, 0.25) is 11.9 Å². The van der Waals surface area contributed by atoms with Gasteiger partial charge in [-0.3, -0.25) is 5.43 Å². The lowest BCUT2D eigenvalue weighted by Gasteiger charge is -2.18. The molecular formula is C8H16N6O2. The fourth-order valence-corrected chi connectivity index (χ4v) is 1.15. The predicted molar refractivity (Wildman–Crippen MR) is 59.1 cm³/mol. The van der Waals surface area contributed by atoms with Crippen molar-refractivity contribution in [1.82, 2.24) is 15.0 Å². The molecule has 1 aromatic rings. The van der Waals surface area contributed by atoms with E-state index in [-0.39, 0.29) is 12.0 Å². The highest BCUT2D eigenvalue weighted by molar-refractivity contribution is 5.36. The van der Waals surface area contributed by atoms with E-state index in [0.29, 0.717) is 12.5 Å². The summed E-state index contributed by atoms with van der Waals surface area (Å²) in [6, 6.07) is 0.162. The summed E-state index contributed by atoms with van der Waals surface area (Å²) in [6.45, 7) is 2.08. The molecule has 8 nitrogen and oxygen atoms in total. The summed E-state index contributed by atoms with van der Waals surface area (Å²) in [5.41, 5.74) is 2.32. The SMILES string of the molecule is COc1nc(NN)nc(N(C)CC(C)O)n1. The van der Waals surface area contributed by atoms with Crippen LogP contribution in [-0.4, -0.2) is 46.9 Å². The van der Waals surface area contributed by atoms with Crippen LogP contribution in [0.3, 0.4) is 0 Å². The molecule has 0 spiro atoms. The fraction of sp³-hybridized carbons (Fsp3) is 0.625. The molecule has 0 bridgehead atoms. The van der Waals surface area contributed by atoms with Crippen molar-refractivity contribution < 1.29 is 9.84 Å². The van der Waals surface area contributed by atoms with Crippen LogP contribution in [0.1, 0.15) is 6.92 Å². The van der Waals surface area contributed by atoms with Crippen LogP contribution in [0.15, 0.2) is 0 Å². The van der Waals surface area contributed by atoms with Crippen LogP contribution in [-0.2, 0) is 0 Å². The first-order chi connectivity index (χ1) is 7.56. The Morgan fingerprint density at radius 1 is 1.50 bits per heavy atom. The van der Waals surface area contributed by atoms with Gasteiger partial charge in [-0.1, -0.05) is 0 Å². The van der Waals surface area contributed by atoms with Crippen LogP contribution in [0.25, 0.3) is 0 Å². The lowest BCUT2D eigenvalue weighted by atomic mass is 10.4. The van der Waals surface area contributed by atoms with Crippen LogP contribution in [0, 0.1) is 0 Å². The number of hydrazine groups is 1. The number of nitrogen functional groups attached to an aromatic ring is 1. The summed E-state index contributed by atoms with van der Waals surface area (Å²) < 4.78 is 4.91. The van der Waals surface area contributed by atoms with Crippen LogP contribution < -0.4 is 20.9 Å². The molecule has 0 aliphatic rings. The zero-order valence-electron chi connectivity index (χ0n) is 9.51. The number of aliphatic hydroxyl groups is 1. The van der Waals surface area contributed by atoms with Crippen molar-refractivity contribution in [2.24, 2.45) is 5.84 Å². The van der Waals surface area contributed by atoms with E-state index in [1.807, 2.05) is 0 Å². The highest BCUT2D eigenvalue weighted by atomic mass is 16.5. The van der Waals surface area contributed by atoms with E-state index < -0.39 is 6.10 Å². The first-order valence-corrected chi connectivity index (χ1v) is 4.72. The molecule has 1 rings (SSSR count). The van der Waals surface area contributed by atoms with Crippen molar-refractivity contribution in [3.05, 3.63) is 0 Å². The van der Waals surface area contributed by atoms with Gasteiger partial charge in [-0.05, 0) is 6.92 Å². The molecule has 1 aromatic heterocycles. The molecule has 0 saturated heterocycles. The van der Waals surface area contributed by atoms with Gasteiger partial charge in [0.1, 0.15) is 0 Å². The number of nitrogens with two attached hydrogens (primary N) is 1. The summed E-state index contributed by atoms with van der Waals surface area (Å²) in [5, 5.41) is 9.25. The van der Waals surface area contributed by atoms with Gasteiger partial charge in [0, 0.05) is 13.6 Å². The van der Waals surface area contributed by atoms with E-state index in [1.165, 1.54) is 7.11 Å². The van der Waals surface area contributed by atoms with Gasteiger partial charge < -0.3 is 14.7 Å². The molecule has 1 heterocycles. The molecule has 1 unspecified atom stereocenters. The Morgan fingerprint density at radius 3 is 2.69 bits per heavy atom. The quantitative estimate of drug-likeness (QED) is 0.434. The average molecular weight is 228 g/mol. The third-order valence-corrected chi connectivity index (χ3v) is 1.79. The van der Waals surface area contributed by atoms with E-state index in [1.54, 1.807) is 18.9 Å². The molecular weight excluding hydrogens is 212 g/mol. The lowest BCUT2D eigenvalue weighted by Crippen LogP contribution is -2.29. The van der Waals surface area contributed by atoms with E-state index in [2.05, 4.69) is 20.4 Å². The van der Waals surface area contributed by atoms with E-state index >= 15 is 0 Å². The minimum absolute atomic E-state index is 0.162. The minimum Gasteiger partial charge on any atom is -0.467 e. The number of likely N-dealkylation sites (N-methyl/N-ethyl adjacent to an activating group) is 1. The number of nitrogens with one attached hydrogen (secondary N) is 1. The highest BCUT2D eigenvalue weighted by Crippen LogP contribution is 2.12. The van der Waals surface area contributed by atoms with Crippen molar-refractivity contribution in [2.45, 2.75) is 13.0 Å². The van der Waals surface area contributed by atoms with Crippen molar-refractivity contribution in [1.29, 1.82) is 0 Å². The number of aromatic nitrogens is 3. The van der Waals surface area contributed by atoms with Crippen molar-refractivity contribution in [3.63, 3.8) is 0 Å². The normalized spacial score (nSPS) is 12.1. The minimum atomic E-state index is -0.484. The molecule has 0 aliphatic heterocycles. The first kappa shape index (κ1) is 12.4. The molecule has 0 saturated carbocycles. The highest BCUT2D eigenvalue weighted by Gasteiger charge is 2.11. The van der Waals surface area contributed by atoms with Crippen molar-refractivity contribution >= 4 is 11.9 Å².